The van der Waals surface area contributed by atoms with Crippen LogP contribution >= 0.6 is 0 Å². The van der Waals surface area contributed by atoms with Crippen LogP contribution < -0.4 is 15.6 Å². The fraction of sp³-hybridized carbons (Fsp3) is 0.353. The minimum Gasteiger partial charge on any atom is -0.497 e. The van der Waals surface area contributed by atoms with Gasteiger partial charge >= 0.3 is 0 Å². The molecular formula is C17H22N4O3. The Morgan fingerprint density at radius 3 is 2.58 bits per heavy atom. The molecule has 0 fully saturated rings. The highest BCUT2D eigenvalue weighted by Gasteiger charge is 2.09. The Morgan fingerprint density at radius 1 is 1.17 bits per heavy atom. The van der Waals surface area contributed by atoms with Crippen LogP contribution in [0.2, 0.25) is 0 Å². The number of carbonyl (C=O) groups is 2. The van der Waals surface area contributed by atoms with Gasteiger partial charge < -0.3 is 4.74 Å². The zero-order valence-electron chi connectivity index (χ0n) is 14.1. The van der Waals surface area contributed by atoms with E-state index >= 15 is 0 Å². The summed E-state index contributed by atoms with van der Waals surface area (Å²) in [5, 5.41) is 4.20. The van der Waals surface area contributed by atoms with Crippen molar-refractivity contribution in [1.29, 1.82) is 0 Å². The second kappa shape index (κ2) is 8.14. The van der Waals surface area contributed by atoms with Crippen LogP contribution in [0.25, 0.3) is 0 Å². The van der Waals surface area contributed by atoms with Crippen LogP contribution in [0.3, 0.4) is 0 Å². The van der Waals surface area contributed by atoms with Crippen molar-refractivity contribution in [2.24, 2.45) is 0 Å². The van der Waals surface area contributed by atoms with Gasteiger partial charge in [-0.1, -0.05) is 12.1 Å². The standard InChI is InChI=1S/C17H22N4O3/c1-12-9-13(2)21(20-12)11-17(23)19-18-16(22)8-7-14-5-4-6-15(10-14)24-3/h4-6,9-10H,7-8,11H2,1-3H3,(H,18,22)(H,19,23). The molecule has 2 amide bonds. The van der Waals surface area contributed by atoms with Crippen molar-refractivity contribution in [2.75, 3.05) is 7.11 Å². The lowest BCUT2D eigenvalue weighted by Crippen LogP contribution is -2.43. The second-order valence-electron chi connectivity index (χ2n) is 5.53. The quantitative estimate of drug-likeness (QED) is 0.782. The third-order valence-electron chi connectivity index (χ3n) is 3.51. The van der Waals surface area contributed by atoms with Crippen LogP contribution in [0.4, 0.5) is 0 Å². The lowest BCUT2D eigenvalue weighted by Gasteiger charge is -2.09. The maximum absolute atomic E-state index is 11.8. The molecule has 7 heteroatoms. The van der Waals surface area contributed by atoms with Crippen molar-refractivity contribution in [3.05, 3.63) is 47.3 Å². The Labute approximate surface area is 141 Å². The molecule has 0 aliphatic carbocycles. The topological polar surface area (TPSA) is 85.3 Å². The predicted octanol–water partition coefficient (Wildman–Crippen LogP) is 1.29. The summed E-state index contributed by atoms with van der Waals surface area (Å²) in [6.45, 7) is 3.80. The summed E-state index contributed by atoms with van der Waals surface area (Å²) >= 11 is 0. The van der Waals surface area contributed by atoms with Crippen LogP contribution in [0, 0.1) is 13.8 Å². The van der Waals surface area contributed by atoms with Crippen molar-refractivity contribution in [2.45, 2.75) is 33.2 Å². The maximum Gasteiger partial charge on any atom is 0.260 e. The molecule has 2 rings (SSSR count). The third kappa shape index (κ3) is 5.12. The zero-order chi connectivity index (χ0) is 17.5. The number of rotatable bonds is 6. The first-order valence-corrected chi connectivity index (χ1v) is 7.69. The van der Waals surface area contributed by atoms with E-state index < -0.39 is 0 Å². The van der Waals surface area contributed by atoms with Gasteiger partial charge in [0.2, 0.25) is 5.91 Å². The van der Waals surface area contributed by atoms with Crippen molar-refractivity contribution >= 4 is 11.8 Å². The summed E-state index contributed by atoms with van der Waals surface area (Å²) in [7, 11) is 1.60. The summed E-state index contributed by atoms with van der Waals surface area (Å²) in [5.74, 6) is 0.182. The van der Waals surface area contributed by atoms with E-state index in [4.69, 9.17) is 4.74 Å². The van der Waals surface area contributed by atoms with E-state index in [-0.39, 0.29) is 24.8 Å². The van der Waals surface area contributed by atoms with E-state index in [9.17, 15) is 9.59 Å². The number of benzene rings is 1. The van der Waals surface area contributed by atoms with Crippen LogP contribution in [-0.4, -0.2) is 28.7 Å². The fourth-order valence-electron chi connectivity index (χ4n) is 2.30. The number of carbonyl (C=O) groups excluding carboxylic acids is 2. The van der Waals surface area contributed by atoms with Crippen LogP contribution in [0.5, 0.6) is 5.75 Å². The minimum atomic E-state index is -0.323. The van der Waals surface area contributed by atoms with Gasteiger partial charge in [-0.15, -0.1) is 0 Å². The van der Waals surface area contributed by atoms with Crippen molar-refractivity contribution < 1.29 is 14.3 Å². The van der Waals surface area contributed by atoms with E-state index in [2.05, 4.69) is 16.0 Å². The van der Waals surface area contributed by atoms with Gasteiger partial charge in [0.25, 0.3) is 5.91 Å². The number of hydrazine groups is 1. The number of nitrogens with zero attached hydrogens (tertiary/aromatic N) is 2. The summed E-state index contributed by atoms with van der Waals surface area (Å²) in [6, 6.07) is 9.43. The van der Waals surface area contributed by atoms with Gasteiger partial charge in [0.1, 0.15) is 12.3 Å². The van der Waals surface area contributed by atoms with Gasteiger partial charge in [0.15, 0.2) is 0 Å². The molecule has 7 nitrogen and oxygen atoms in total. The molecule has 0 aliphatic heterocycles. The van der Waals surface area contributed by atoms with Gasteiger partial charge in [0, 0.05) is 12.1 Å². The summed E-state index contributed by atoms with van der Waals surface area (Å²) < 4.78 is 6.73. The van der Waals surface area contributed by atoms with Crippen LogP contribution in [0.1, 0.15) is 23.4 Å². The Hall–Kier alpha value is -2.83. The van der Waals surface area contributed by atoms with Crippen molar-refractivity contribution in [3.63, 3.8) is 0 Å². The number of hydrogen-bond acceptors (Lipinski definition) is 4. The Kier molecular flexibility index (Phi) is 5.95. The average molecular weight is 330 g/mol. The number of aromatic nitrogens is 2. The van der Waals surface area contributed by atoms with Gasteiger partial charge in [0.05, 0.1) is 12.8 Å². The minimum absolute atomic E-state index is 0.0653. The zero-order valence-corrected chi connectivity index (χ0v) is 14.1. The molecule has 128 valence electrons. The van der Waals surface area contributed by atoms with Crippen molar-refractivity contribution in [1.82, 2.24) is 20.6 Å². The SMILES string of the molecule is COc1cccc(CCC(=O)NNC(=O)Cn2nc(C)cc2C)c1. The number of methoxy groups -OCH3 is 1. The largest absolute Gasteiger partial charge is 0.497 e. The first kappa shape index (κ1) is 17.5. The highest BCUT2D eigenvalue weighted by Crippen LogP contribution is 2.13. The van der Waals surface area contributed by atoms with Crippen LogP contribution in [0.15, 0.2) is 30.3 Å². The molecular weight excluding hydrogens is 308 g/mol. The highest BCUT2D eigenvalue weighted by molar-refractivity contribution is 5.81. The van der Waals surface area contributed by atoms with Crippen molar-refractivity contribution in [3.8, 4) is 5.75 Å². The summed E-state index contributed by atoms with van der Waals surface area (Å²) in [4.78, 5) is 23.7. The van der Waals surface area contributed by atoms with Crippen LogP contribution in [-0.2, 0) is 22.6 Å². The highest BCUT2D eigenvalue weighted by atomic mass is 16.5. The molecule has 2 aromatic rings. The molecule has 1 aromatic heterocycles. The predicted molar refractivity (Wildman–Crippen MR) is 89.3 cm³/mol. The first-order chi connectivity index (χ1) is 11.5. The number of aryl methyl sites for hydroxylation is 3. The van der Waals surface area contributed by atoms with E-state index in [0.717, 1.165) is 22.7 Å². The molecule has 0 atom stereocenters. The lowest BCUT2D eigenvalue weighted by molar-refractivity contribution is -0.129. The van der Waals surface area contributed by atoms with E-state index in [1.165, 1.54) is 0 Å². The average Bonchev–Trinajstić information content (AvgIpc) is 2.88. The molecule has 24 heavy (non-hydrogen) atoms. The lowest BCUT2D eigenvalue weighted by atomic mass is 10.1. The molecule has 0 bridgehead atoms. The monoisotopic (exact) mass is 330 g/mol. The smallest absolute Gasteiger partial charge is 0.260 e. The van der Waals surface area contributed by atoms with E-state index in [1.54, 1.807) is 11.8 Å². The Balaban J connectivity index is 1.74. The molecule has 0 aliphatic rings. The molecule has 0 spiro atoms. The van der Waals surface area contributed by atoms with Gasteiger partial charge in [-0.25, -0.2) is 0 Å². The first-order valence-electron chi connectivity index (χ1n) is 7.69. The second-order valence-corrected chi connectivity index (χ2v) is 5.53. The van der Waals surface area contributed by atoms with Gasteiger partial charge in [-0.05, 0) is 44.0 Å². The van der Waals surface area contributed by atoms with E-state index in [1.807, 2.05) is 44.2 Å². The number of hydrogen-bond donors (Lipinski definition) is 2. The Bertz CT molecular complexity index is 724. The Morgan fingerprint density at radius 2 is 1.92 bits per heavy atom. The summed E-state index contributed by atoms with van der Waals surface area (Å²) in [6.07, 6.45) is 0.837. The number of amides is 2. The van der Waals surface area contributed by atoms with Gasteiger partial charge in [-0.3, -0.25) is 25.1 Å². The maximum atomic E-state index is 11.8. The molecule has 0 saturated heterocycles. The molecule has 1 aromatic carbocycles. The number of ether oxygens (including phenoxy) is 1. The van der Waals surface area contributed by atoms with Gasteiger partial charge in [-0.2, -0.15) is 5.10 Å². The fourth-order valence-corrected chi connectivity index (χ4v) is 2.30. The molecule has 2 N–H and O–H groups in total. The molecule has 0 radical (unpaired) electrons. The molecule has 0 saturated carbocycles. The summed E-state index contributed by atoms with van der Waals surface area (Å²) in [5.41, 5.74) is 7.56. The van der Waals surface area contributed by atoms with E-state index in [0.29, 0.717) is 6.42 Å². The normalized spacial score (nSPS) is 10.3. The third-order valence-corrected chi connectivity index (χ3v) is 3.51. The number of nitrogens with one attached hydrogen (secondary N) is 2. The molecule has 1 heterocycles. The molecule has 0 unspecified atom stereocenters.